The Balaban J connectivity index is 1.77. The van der Waals surface area contributed by atoms with Crippen LogP contribution in [0.1, 0.15) is 5.56 Å². The van der Waals surface area contributed by atoms with Gasteiger partial charge in [-0.05, 0) is 30.2 Å². The third-order valence-electron chi connectivity index (χ3n) is 4.07. The van der Waals surface area contributed by atoms with Crippen molar-refractivity contribution < 1.29 is 32.7 Å². The fraction of sp³-hybridized carbons (Fsp3) is 0.312. The van der Waals surface area contributed by atoms with Gasteiger partial charge in [0.05, 0.1) is 13.2 Å². The van der Waals surface area contributed by atoms with E-state index in [0.717, 1.165) is 11.0 Å². The molecule has 0 unspecified atom stereocenters. The van der Waals surface area contributed by atoms with Crippen molar-refractivity contribution in [1.82, 2.24) is 4.90 Å². The molecule has 0 saturated carbocycles. The molecule has 138 valence electrons. The molecule has 0 aliphatic carbocycles. The summed E-state index contributed by atoms with van der Waals surface area (Å²) >= 11 is 0. The van der Waals surface area contributed by atoms with Crippen molar-refractivity contribution >= 4 is 29.1 Å². The molecule has 0 fully saturated rings. The van der Waals surface area contributed by atoms with E-state index < -0.39 is 23.9 Å². The number of carbonyl (C=O) groups excluding carboxylic acids is 3. The van der Waals surface area contributed by atoms with Crippen molar-refractivity contribution in [2.24, 2.45) is 0 Å². The maximum absolute atomic E-state index is 12.6. The van der Waals surface area contributed by atoms with Crippen LogP contribution in [0.5, 0.6) is 0 Å². The molecule has 0 saturated heterocycles. The molecular weight excluding hydrogens is 355 g/mol. The number of hydrogen-bond acceptors (Lipinski definition) is 5. The predicted octanol–water partition coefficient (Wildman–Crippen LogP) is 0.795. The molecule has 0 radical (unpaired) electrons. The first-order valence-electron chi connectivity index (χ1n) is 7.69. The van der Waals surface area contributed by atoms with E-state index in [9.17, 15) is 27.6 Å². The topological polar surface area (TPSA) is 90.0 Å². The monoisotopic (exact) mass is 369 g/mol. The summed E-state index contributed by atoms with van der Waals surface area (Å²) in [6.07, 6.45) is -3.62. The second kappa shape index (κ2) is 6.45. The molecule has 3 amide bonds. The number of aliphatic hydroxyl groups is 1. The molecule has 2 aliphatic rings. The quantitative estimate of drug-likeness (QED) is 0.767. The van der Waals surface area contributed by atoms with Crippen LogP contribution in [0, 0.1) is 0 Å². The predicted molar refractivity (Wildman–Crippen MR) is 84.1 cm³/mol. The molecule has 3 rings (SSSR count). The molecule has 26 heavy (non-hydrogen) atoms. The number of aliphatic hydroxyl groups excluding tert-OH is 1. The Kier molecular flexibility index (Phi) is 4.45. The van der Waals surface area contributed by atoms with Gasteiger partial charge in [-0.25, -0.2) is 0 Å². The molecule has 1 aromatic carbocycles. The van der Waals surface area contributed by atoms with Crippen molar-refractivity contribution in [1.29, 1.82) is 0 Å². The highest BCUT2D eigenvalue weighted by atomic mass is 19.4. The number of hydrogen-bond donors (Lipinski definition) is 2. The van der Waals surface area contributed by atoms with Crippen molar-refractivity contribution in [3.63, 3.8) is 0 Å². The second-order valence-electron chi connectivity index (χ2n) is 5.75. The largest absolute Gasteiger partial charge is 0.471 e. The lowest BCUT2D eigenvalue weighted by Crippen LogP contribution is -2.40. The van der Waals surface area contributed by atoms with Gasteiger partial charge in [0.15, 0.2) is 0 Å². The first kappa shape index (κ1) is 17.9. The maximum Gasteiger partial charge on any atom is 0.471 e. The molecular formula is C16H14F3N3O4. The van der Waals surface area contributed by atoms with Crippen LogP contribution in [0.3, 0.4) is 0 Å². The van der Waals surface area contributed by atoms with Gasteiger partial charge in [0, 0.05) is 24.0 Å². The van der Waals surface area contributed by atoms with Crippen LogP contribution in [-0.2, 0) is 20.8 Å². The van der Waals surface area contributed by atoms with E-state index in [-0.39, 0.29) is 37.5 Å². The van der Waals surface area contributed by atoms with E-state index in [0.29, 0.717) is 16.2 Å². The highest BCUT2D eigenvalue weighted by molar-refractivity contribution is 6.17. The molecule has 10 heteroatoms. The number of anilines is 2. The minimum Gasteiger partial charge on any atom is -0.395 e. The summed E-state index contributed by atoms with van der Waals surface area (Å²) in [6, 6.07) is 4.32. The van der Waals surface area contributed by atoms with E-state index in [2.05, 4.69) is 5.32 Å². The van der Waals surface area contributed by atoms with Crippen LogP contribution >= 0.6 is 0 Å². The Bertz CT molecular complexity index is 819. The Morgan fingerprint density at radius 3 is 2.65 bits per heavy atom. The number of fused-ring (bicyclic) bond motifs is 1. The van der Waals surface area contributed by atoms with Crippen LogP contribution in [0.4, 0.5) is 24.5 Å². The SMILES string of the molecule is O=C1C=C(Nc2ccc3c(c2)CCN3C(=O)C(F)(F)F)C(=O)N1CCO. The van der Waals surface area contributed by atoms with Crippen molar-refractivity contribution in [2.45, 2.75) is 12.6 Å². The lowest BCUT2D eigenvalue weighted by molar-refractivity contribution is -0.170. The molecule has 0 bridgehead atoms. The molecule has 2 heterocycles. The van der Waals surface area contributed by atoms with Gasteiger partial charge in [0.1, 0.15) is 5.70 Å². The van der Waals surface area contributed by atoms with Gasteiger partial charge < -0.3 is 15.3 Å². The number of β-amino-alcohol motifs (C(OH)–C–C–N with tert-alkyl or cyclic N) is 1. The summed E-state index contributed by atoms with van der Waals surface area (Å²) in [4.78, 5) is 36.8. The van der Waals surface area contributed by atoms with Crippen molar-refractivity contribution in [3.05, 3.63) is 35.5 Å². The molecule has 0 atom stereocenters. The lowest BCUT2D eigenvalue weighted by Gasteiger charge is -2.19. The van der Waals surface area contributed by atoms with Crippen molar-refractivity contribution in [2.75, 3.05) is 29.9 Å². The Labute approximate surface area is 145 Å². The Morgan fingerprint density at radius 2 is 2.00 bits per heavy atom. The normalized spacial score (nSPS) is 16.8. The third-order valence-corrected chi connectivity index (χ3v) is 4.07. The Hall–Kier alpha value is -2.88. The molecule has 0 aromatic heterocycles. The van der Waals surface area contributed by atoms with Gasteiger partial charge in [0.2, 0.25) is 0 Å². The number of nitrogens with one attached hydrogen (secondary N) is 1. The van der Waals surface area contributed by atoms with E-state index in [4.69, 9.17) is 5.11 Å². The van der Waals surface area contributed by atoms with Gasteiger partial charge >= 0.3 is 12.1 Å². The molecule has 0 spiro atoms. The summed E-state index contributed by atoms with van der Waals surface area (Å²) in [5.41, 5.74) is 1.10. The van der Waals surface area contributed by atoms with E-state index in [1.54, 1.807) is 0 Å². The zero-order chi connectivity index (χ0) is 19.1. The minimum absolute atomic E-state index is 0.00428. The lowest BCUT2D eigenvalue weighted by atomic mass is 10.1. The van der Waals surface area contributed by atoms with E-state index >= 15 is 0 Å². The maximum atomic E-state index is 12.6. The highest BCUT2D eigenvalue weighted by Crippen LogP contribution is 2.34. The van der Waals surface area contributed by atoms with E-state index in [1.807, 2.05) is 0 Å². The van der Waals surface area contributed by atoms with Crippen LogP contribution in [0.15, 0.2) is 30.0 Å². The molecule has 7 nitrogen and oxygen atoms in total. The smallest absolute Gasteiger partial charge is 0.395 e. The average molecular weight is 369 g/mol. The number of nitrogens with zero attached hydrogens (tertiary/aromatic N) is 2. The molecule has 1 aromatic rings. The minimum atomic E-state index is -4.95. The molecule has 2 aliphatic heterocycles. The molecule has 2 N–H and O–H groups in total. The van der Waals surface area contributed by atoms with Crippen LogP contribution in [-0.4, -0.2) is 53.6 Å². The number of alkyl halides is 3. The first-order chi connectivity index (χ1) is 12.2. The standard InChI is InChI=1S/C16H14F3N3O4/c17-16(18,19)15(26)21-4-3-9-7-10(1-2-12(9)21)20-11-8-13(24)22(5-6-23)14(11)25/h1-2,7-8,20,23H,3-6H2. The van der Waals surface area contributed by atoms with Gasteiger partial charge in [0.25, 0.3) is 11.8 Å². The van der Waals surface area contributed by atoms with Crippen LogP contribution in [0.2, 0.25) is 0 Å². The Morgan fingerprint density at radius 1 is 1.27 bits per heavy atom. The number of benzene rings is 1. The summed E-state index contributed by atoms with van der Waals surface area (Å²) in [6.45, 7) is -0.569. The average Bonchev–Trinajstić information content (AvgIpc) is 3.10. The van der Waals surface area contributed by atoms with Crippen LogP contribution in [0.25, 0.3) is 0 Å². The van der Waals surface area contributed by atoms with E-state index in [1.165, 1.54) is 18.2 Å². The van der Waals surface area contributed by atoms with Gasteiger partial charge in [-0.1, -0.05) is 0 Å². The first-order valence-corrected chi connectivity index (χ1v) is 7.69. The van der Waals surface area contributed by atoms with Gasteiger partial charge in [-0.2, -0.15) is 13.2 Å². The third kappa shape index (κ3) is 3.15. The zero-order valence-corrected chi connectivity index (χ0v) is 13.3. The zero-order valence-electron chi connectivity index (χ0n) is 13.3. The number of imide groups is 1. The fourth-order valence-electron chi connectivity index (χ4n) is 2.91. The number of carbonyl (C=O) groups is 3. The van der Waals surface area contributed by atoms with Crippen molar-refractivity contribution in [3.8, 4) is 0 Å². The number of amides is 3. The van der Waals surface area contributed by atoms with Gasteiger partial charge in [-0.15, -0.1) is 0 Å². The summed E-state index contributed by atoms with van der Waals surface area (Å²) in [5.74, 6) is -3.08. The van der Waals surface area contributed by atoms with Gasteiger partial charge in [-0.3, -0.25) is 19.3 Å². The highest BCUT2D eigenvalue weighted by Gasteiger charge is 2.44. The number of rotatable bonds is 4. The second-order valence-corrected chi connectivity index (χ2v) is 5.75. The van der Waals surface area contributed by atoms with Crippen LogP contribution < -0.4 is 10.2 Å². The number of halogens is 3. The fourth-order valence-corrected chi connectivity index (χ4v) is 2.91. The summed E-state index contributed by atoms with van der Waals surface area (Å²) in [5, 5.41) is 11.6. The summed E-state index contributed by atoms with van der Waals surface area (Å²) in [7, 11) is 0. The summed E-state index contributed by atoms with van der Waals surface area (Å²) < 4.78 is 37.9.